The summed E-state index contributed by atoms with van der Waals surface area (Å²) in [5, 5.41) is 3.80. The number of hydrogen-bond acceptors (Lipinski definition) is 6. The van der Waals surface area contributed by atoms with Crippen molar-refractivity contribution in [3.63, 3.8) is 0 Å². The molecule has 1 aliphatic rings. The number of carbonyl (C=O) groups is 1. The first-order valence-corrected chi connectivity index (χ1v) is 7.76. The summed E-state index contributed by atoms with van der Waals surface area (Å²) in [6.07, 6.45) is 1.08. The highest BCUT2D eigenvalue weighted by atomic mass is 32.1. The Morgan fingerprint density at radius 2 is 2.10 bits per heavy atom. The normalized spacial score (nSPS) is 17.3. The summed E-state index contributed by atoms with van der Waals surface area (Å²) in [5.74, 6) is 0.208. The van der Waals surface area contributed by atoms with E-state index in [-0.39, 0.29) is 11.9 Å². The van der Waals surface area contributed by atoms with Crippen molar-refractivity contribution in [1.82, 2.24) is 14.6 Å². The predicted octanol–water partition coefficient (Wildman–Crippen LogP) is 1.01. The summed E-state index contributed by atoms with van der Waals surface area (Å²) >= 11 is 1.32. The summed E-state index contributed by atoms with van der Waals surface area (Å²) in [4.78, 5) is 16.8. The number of anilines is 2. The van der Waals surface area contributed by atoms with Crippen LogP contribution in [0.5, 0.6) is 0 Å². The standard InChI is InChI=1S/C13H23N5OS/c1-9(2)15-12(19)10-11(14)16-20-13(10)18-6-4-5-17(3)7-8-18/h9H,4-8H2,1-3H3,(H2,14,16)(H,15,19). The second-order valence-electron chi connectivity index (χ2n) is 5.52. The number of hydrogen-bond donors (Lipinski definition) is 2. The average molecular weight is 297 g/mol. The molecule has 0 unspecified atom stereocenters. The molecule has 2 heterocycles. The van der Waals surface area contributed by atoms with Gasteiger partial charge in [0.1, 0.15) is 10.6 Å². The Morgan fingerprint density at radius 1 is 1.35 bits per heavy atom. The lowest BCUT2D eigenvalue weighted by molar-refractivity contribution is 0.0944. The highest BCUT2D eigenvalue weighted by Gasteiger charge is 2.25. The monoisotopic (exact) mass is 297 g/mol. The van der Waals surface area contributed by atoms with Crippen molar-refractivity contribution in [1.29, 1.82) is 0 Å². The number of carbonyl (C=O) groups excluding carboxylic acids is 1. The molecule has 0 aromatic carbocycles. The zero-order chi connectivity index (χ0) is 14.7. The van der Waals surface area contributed by atoms with Crippen molar-refractivity contribution < 1.29 is 4.79 Å². The van der Waals surface area contributed by atoms with E-state index in [2.05, 4.69) is 26.5 Å². The maximum atomic E-state index is 12.3. The van der Waals surface area contributed by atoms with Crippen LogP contribution in [0.25, 0.3) is 0 Å². The Bertz CT molecular complexity index is 473. The number of likely N-dealkylation sites (N-methyl/N-ethyl adjacent to an activating group) is 1. The van der Waals surface area contributed by atoms with Gasteiger partial charge in [-0.15, -0.1) is 0 Å². The fourth-order valence-corrected chi connectivity index (χ4v) is 3.17. The molecule has 0 atom stereocenters. The highest BCUT2D eigenvalue weighted by Crippen LogP contribution is 2.31. The van der Waals surface area contributed by atoms with E-state index >= 15 is 0 Å². The van der Waals surface area contributed by atoms with Gasteiger partial charge in [0, 0.05) is 25.7 Å². The maximum absolute atomic E-state index is 12.3. The van der Waals surface area contributed by atoms with E-state index in [0.29, 0.717) is 11.4 Å². The largest absolute Gasteiger partial charge is 0.382 e. The minimum absolute atomic E-state index is 0.0879. The minimum Gasteiger partial charge on any atom is -0.382 e. The number of nitrogens with zero attached hydrogens (tertiary/aromatic N) is 3. The van der Waals surface area contributed by atoms with Crippen LogP contribution in [-0.4, -0.2) is 54.4 Å². The van der Waals surface area contributed by atoms with Crippen LogP contribution in [0.3, 0.4) is 0 Å². The summed E-state index contributed by atoms with van der Waals surface area (Å²) in [5.41, 5.74) is 6.43. The lowest BCUT2D eigenvalue weighted by atomic mass is 10.2. The first-order chi connectivity index (χ1) is 9.49. The van der Waals surface area contributed by atoms with Crippen LogP contribution in [0.4, 0.5) is 10.8 Å². The van der Waals surface area contributed by atoms with Crippen LogP contribution in [0.1, 0.15) is 30.6 Å². The van der Waals surface area contributed by atoms with Crippen molar-refractivity contribution in [3.8, 4) is 0 Å². The quantitative estimate of drug-likeness (QED) is 0.871. The molecule has 0 saturated carbocycles. The molecular formula is C13H23N5OS. The lowest BCUT2D eigenvalue weighted by Crippen LogP contribution is -2.33. The summed E-state index contributed by atoms with van der Waals surface area (Å²) in [7, 11) is 2.12. The molecule has 2 rings (SSSR count). The van der Waals surface area contributed by atoms with E-state index in [1.54, 1.807) is 0 Å². The second-order valence-corrected chi connectivity index (χ2v) is 6.27. The van der Waals surface area contributed by atoms with Crippen molar-refractivity contribution >= 4 is 28.3 Å². The molecule has 0 radical (unpaired) electrons. The molecule has 0 bridgehead atoms. The molecule has 0 spiro atoms. The van der Waals surface area contributed by atoms with Crippen molar-refractivity contribution in [2.45, 2.75) is 26.3 Å². The van der Waals surface area contributed by atoms with Crippen molar-refractivity contribution in [3.05, 3.63) is 5.56 Å². The fraction of sp³-hybridized carbons (Fsp3) is 0.692. The van der Waals surface area contributed by atoms with Gasteiger partial charge in [-0.1, -0.05) is 0 Å². The SMILES string of the molecule is CC(C)NC(=O)c1c(N)nsc1N1CCCN(C)CC1. The van der Waals surface area contributed by atoms with E-state index < -0.39 is 0 Å². The first-order valence-electron chi connectivity index (χ1n) is 6.98. The van der Waals surface area contributed by atoms with Crippen molar-refractivity contribution in [2.24, 2.45) is 0 Å². The lowest BCUT2D eigenvalue weighted by Gasteiger charge is -2.22. The number of aromatic nitrogens is 1. The Hall–Kier alpha value is -1.34. The van der Waals surface area contributed by atoms with E-state index in [9.17, 15) is 4.79 Å². The van der Waals surface area contributed by atoms with Gasteiger partial charge in [0.2, 0.25) is 0 Å². The van der Waals surface area contributed by atoms with E-state index in [0.717, 1.165) is 37.6 Å². The second kappa shape index (κ2) is 6.41. The number of nitrogens with two attached hydrogens (primary N) is 1. The third kappa shape index (κ3) is 3.40. The molecule has 6 nitrogen and oxygen atoms in total. The van der Waals surface area contributed by atoms with Gasteiger partial charge < -0.3 is 20.9 Å². The molecular weight excluding hydrogens is 274 g/mol. The fourth-order valence-electron chi connectivity index (χ4n) is 2.31. The van der Waals surface area contributed by atoms with Crippen LogP contribution in [0, 0.1) is 0 Å². The van der Waals surface area contributed by atoms with Crippen LogP contribution in [-0.2, 0) is 0 Å². The molecule has 20 heavy (non-hydrogen) atoms. The van der Waals surface area contributed by atoms with E-state index in [4.69, 9.17) is 5.73 Å². The van der Waals surface area contributed by atoms with Gasteiger partial charge in [-0.3, -0.25) is 4.79 Å². The number of rotatable bonds is 3. The molecule has 1 fully saturated rings. The van der Waals surface area contributed by atoms with Gasteiger partial charge in [0.25, 0.3) is 5.91 Å². The molecule has 7 heteroatoms. The Morgan fingerprint density at radius 3 is 2.80 bits per heavy atom. The molecule has 1 aliphatic heterocycles. The van der Waals surface area contributed by atoms with Gasteiger partial charge in [0.15, 0.2) is 5.82 Å². The summed E-state index contributed by atoms with van der Waals surface area (Å²) in [6, 6.07) is 0.0879. The maximum Gasteiger partial charge on any atom is 0.258 e. The predicted molar refractivity (Wildman–Crippen MR) is 83.5 cm³/mol. The Balaban J connectivity index is 2.21. The Kier molecular flexibility index (Phi) is 4.82. The number of nitrogens with one attached hydrogen (secondary N) is 1. The molecule has 1 amide bonds. The average Bonchev–Trinajstić information content (AvgIpc) is 2.61. The molecule has 1 saturated heterocycles. The zero-order valence-corrected chi connectivity index (χ0v) is 13.2. The van der Waals surface area contributed by atoms with E-state index in [1.165, 1.54) is 11.5 Å². The van der Waals surface area contributed by atoms with Gasteiger partial charge in [-0.05, 0) is 45.4 Å². The highest BCUT2D eigenvalue weighted by molar-refractivity contribution is 7.11. The molecule has 1 aromatic rings. The Labute approximate surface area is 124 Å². The minimum atomic E-state index is -0.126. The van der Waals surface area contributed by atoms with Gasteiger partial charge >= 0.3 is 0 Å². The number of nitrogen functional groups attached to an aromatic ring is 1. The van der Waals surface area contributed by atoms with E-state index in [1.807, 2.05) is 13.8 Å². The third-order valence-electron chi connectivity index (χ3n) is 3.35. The molecule has 0 aliphatic carbocycles. The summed E-state index contributed by atoms with van der Waals surface area (Å²) < 4.78 is 4.17. The smallest absolute Gasteiger partial charge is 0.258 e. The summed E-state index contributed by atoms with van der Waals surface area (Å²) in [6.45, 7) is 7.79. The first kappa shape index (κ1) is 15.1. The van der Waals surface area contributed by atoms with Gasteiger partial charge in [-0.25, -0.2) is 0 Å². The van der Waals surface area contributed by atoms with Gasteiger partial charge in [-0.2, -0.15) is 4.37 Å². The topological polar surface area (TPSA) is 74.5 Å². The van der Waals surface area contributed by atoms with Crippen molar-refractivity contribution in [2.75, 3.05) is 43.9 Å². The van der Waals surface area contributed by atoms with Crippen LogP contribution in [0.2, 0.25) is 0 Å². The van der Waals surface area contributed by atoms with Gasteiger partial charge in [0.05, 0.1) is 0 Å². The number of amides is 1. The molecule has 1 aromatic heterocycles. The molecule has 3 N–H and O–H groups in total. The van der Waals surface area contributed by atoms with Crippen LogP contribution >= 0.6 is 11.5 Å². The third-order valence-corrected chi connectivity index (χ3v) is 4.28. The van der Waals surface area contributed by atoms with Crippen LogP contribution < -0.4 is 16.0 Å². The molecule has 112 valence electrons. The van der Waals surface area contributed by atoms with Crippen LogP contribution in [0.15, 0.2) is 0 Å². The zero-order valence-electron chi connectivity index (χ0n) is 12.3.